The van der Waals surface area contributed by atoms with Crippen LogP contribution in [0.4, 0.5) is 4.79 Å². The molecule has 0 rings (SSSR count). The molecule has 0 aromatic rings. The zero-order chi connectivity index (χ0) is 16.0. The molecule has 0 radical (unpaired) electrons. The number of nitrogens with zero attached hydrogens (tertiary/aromatic N) is 4. The van der Waals surface area contributed by atoms with Gasteiger partial charge in [-0.05, 0) is 13.8 Å². The van der Waals surface area contributed by atoms with Gasteiger partial charge in [-0.3, -0.25) is 4.84 Å². The topological polar surface area (TPSA) is 89.5 Å². The van der Waals surface area contributed by atoms with Gasteiger partial charge in [-0.15, -0.1) is 0 Å². The number of hydrogen-bond donors (Lipinski definition) is 0. The normalized spacial score (nSPS) is 12.3. The summed E-state index contributed by atoms with van der Waals surface area (Å²) in [5.41, 5.74) is -1.24. The van der Waals surface area contributed by atoms with Crippen LogP contribution in [0.15, 0.2) is 5.16 Å². The molecule has 0 aromatic carbocycles. The third-order valence-corrected chi connectivity index (χ3v) is 5.19. The van der Waals surface area contributed by atoms with E-state index >= 15 is 0 Å². The quantitative estimate of drug-likeness (QED) is 0.259. The molecule has 0 heterocycles. The fraction of sp³-hybridized carbons (Fsp3) is 0.667. The Kier molecular flexibility index (Phi) is 6.90. The van der Waals surface area contributed by atoms with Crippen molar-refractivity contribution in [3.05, 3.63) is 0 Å². The van der Waals surface area contributed by atoms with Crippen LogP contribution in [0.2, 0.25) is 0 Å². The van der Waals surface area contributed by atoms with Crippen LogP contribution in [0.25, 0.3) is 0 Å². The highest BCUT2D eigenvalue weighted by Gasteiger charge is 2.26. The molecule has 0 fully saturated rings. The monoisotopic (exact) mass is 314 g/mol. The molecule has 1 amide bonds. The molecule has 20 heavy (non-hydrogen) atoms. The molecule has 0 saturated heterocycles. The second kappa shape index (κ2) is 7.41. The van der Waals surface area contributed by atoms with Gasteiger partial charge >= 0.3 is 6.09 Å². The highest BCUT2D eigenvalue weighted by Crippen LogP contribution is 2.36. The van der Waals surface area contributed by atoms with Crippen LogP contribution in [0.3, 0.4) is 0 Å². The van der Waals surface area contributed by atoms with Crippen LogP contribution < -0.4 is 0 Å². The van der Waals surface area contributed by atoms with E-state index in [-0.39, 0.29) is 10.5 Å². The van der Waals surface area contributed by atoms with Crippen molar-refractivity contribution in [3.8, 4) is 12.1 Å². The maximum absolute atomic E-state index is 11.7. The Labute approximate surface area is 127 Å². The van der Waals surface area contributed by atoms with Crippen molar-refractivity contribution in [1.82, 2.24) is 4.31 Å². The molecule has 0 aliphatic rings. The molecule has 8 heteroatoms. The van der Waals surface area contributed by atoms with E-state index in [0.29, 0.717) is 0 Å². The van der Waals surface area contributed by atoms with Gasteiger partial charge in [0.1, 0.15) is 11.5 Å². The van der Waals surface area contributed by atoms with Crippen LogP contribution in [0, 0.1) is 28.1 Å². The Morgan fingerprint density at radius 3 is 2.20 bits per heavy atom. The van der Waals surface area contributed by atoms with Crippen molar-refractivity contribution in [2.75, 3.05) is 7.05 Å². The van der Waals surface area contributed by atoms with Crippen LogP contribution >= 0.6 is 21.8 Å². The summed E-state index contributed by atoms with van der Waals surface area (Å²) in [4.78, 5) is 16.3. The SMILES string of the molecule is CN(SSC(C)(C)C)C(=O)ON=C(C#N)C(C)(C)C#N. The first-order valence-electron chi connectivity index (χ1n) is 5.74. The molecule has 0 bridgehead atoms. The summed E-state index contributed by atoms with van der Waals surface area (Å²) in [7, 11) is 4.26. The number of hydrogen-bond acceptors (Lipinski definition) is 7. The summed E-state index contributed by atoms with van der Waals surface area (Å²) in [6.07, 6.45) is -0.701. The number of nitriles is 2. The van der Waals surface area contributed by atoms with E-state index in [2.05, 4.69) is 9.99 Å². The molecule has 110 valence electrons. The van der Waals surface area contributed by atoms with Crippen LogP contribution in [-0.4, -0.2) is 27.9 Å². The van der Waals surface area contributed by atoms with Crippen molar-refractivity contribution >= 4 is 33.6 Å². The molecule has 0 aromatic heterocycles. The molecular formula is C12H18N4O2S2. The van der Waals surface area contributed by atoms with Gasteiger partial charge in [-0.1, -0.05) is 36.7 Å². The Bertz CT molecular complexity index is 469. The number of amides is 1. The Hall–Kier alpha value is -1.38. The molecule has 0 unspecified atom stereocenters. The van der Waals surface area contributed by atoms with E-state index in [1.807, 2.05) is 26.8 Å². The van der Waals surface area contributed by atoms with Gasteiger partial charge in [-0.2, -0.15) is 10.5 Å². The molecule has 0 aliphatic carbocycles. The van der Waals surface area contributed by atoms with E-state index in [4.69, 9.17) is 10.5 Å². The summed E-state index contributed by atoms with van der Waals surface area (Å²) in [5, 5.41) is 21.3. The van der Waals surface area contributed by atoms with Gasteiger partial charge in [0.25, 0.3) is 0 Å². The van der Waals surface area contributed by atoms with Crippen molar-refractivity contribution in [1.29, 1.82) is 10.5 Å². The number of carbonyl (C=O) groups is 1. The van der Waals surface area contributed by atoms with E-state index in [0.717, 1.165) is 0 Å². The average molecular weight is 314 g/mol. The molecule has 0 atom stereocenters. The second-order valence-electron chi connectivity index (χ2n) is 5.41. The first kappa shape index (κ1) is 18.6. The minimum Gasteiger partial charge on any atom is -0.296 e. The highest BCUT2D eigenvalue weighted by molar-refractivity contribution is 8.76. The molecule has 0 spiro atoms. The minimum atomic E-state index is -1.10. The Balaban J connectivity index is 4.63. The van der Waals surface area contributed by atoms with Gasteiger partial charge in [-0.25, -0.2) is 9.10 Å². The minimum absolute atomic E-state index is 0.0108. The third-order valence-electron chi connectivity index (χ3n) is 1.85. The lowest BCUT2D eigenvalue weighted by molar-refractivity contribution is 0.136. The maximum Gasteiger partial charge on any atom is 0.446 e. The van der Waals surface area contributed by atoms with Crippen molar-refractivity contribution in [2.45, 2.75) is 39.4 Å². The summed E-state index contributed by atoms with van der Waals surface area (Å²) in [5.74, 6) is 0. The zero-order valence-corrected chi connectivity index (χ0v) is 14.1. The van der Waals surface area contributed by atoms with E-state index < -0.39 is 11.5 Å². The van der Waals surface area contributed by atoms with Crippen LogP contribution in [0.5, 0.6) is 0 Å². The lowest BCUT2D eigenvalue weighted by Gasteiger charge is -2.20. The second-order valence-corrected chi connectivity index (χ2v) is 8.45. The van der Waals surface area contributed by atoms with Gasteiger partial charge < -0.3 is 0 Å². The number of carbonyl (C=O) groups excluding carboxylic acids is 1. The smallest absolute Gasteiger partial charge is 0.296 e. The van der Waals surface area contributed by atoms with Gasteiger partial charge in [0.2, 0.25) is 0 Å². The Morgan fingerprint density at radius 1 is 1.25 bits per heavy atom. The zero-order valence-electron chi connectivity index (χ0n) is 12.4. The fourth-order valence-electron chi connectivity index (χ4n) is 0.668. The summed E-state index contributed by atoms with van der Waals surface area (Å²) in [6, 6.07) is 3.69. The van der Waals surface area contributed by atoms with Gasteiger partial charge in [0.15, 0.2) is 5.71 Å². The third kappa shape index (κ3) is 6.69. The summed E-state index contributed by atoms with van der Waals surface area (Å²) in [6.45, 7) is 9.11. The highest BCUT2D eigenvalue weighted by atomic mass is 33.1. The molecule has 0 N–H and O–H groups in total. The van der Waals surface area contributed by atoms with Crippen LogP contribution in [0.1, 0.15) is 34.6 Å². The maximum atomic E-state index is 11.7. The van der Waals surface area contributed by atoms with Gasteiger partial charge in [0, 0.05) is 22.8 Å². The largest absolute Gasteiger partial charge is 0.446 e. The Morgan fingerprint density at radius 2 is 1.80 bits per heavy atom. The van der Waals surface area contributed by atoms with Crippen LogP contribution in [-0.2, 0) is 4.84 Å². The van der Waals surface area contributed by atoms with E-state index in [1.165, 1.54) is 39.9 Å². The lowest BCUT2D eigenvalue weighted by atomic mass is 9.90. The molecule has 6 nitrogen and oxygen atoms in total. The first-order chi connectivity index (χ1) is 9.03. The fourth-order valence-corrected chi connectivity index (χ4v) is 2.29. The average Bonchev–Trinajstić information content (AvgIpc) is 2.35. The van der Waals surface area contributed by atoms with Gasteiger partial charge in [0.05, 0.1) is 6.07 Å². The summed E-state index contributed by atoms with van der Waals surface area (Å²) < 4.78 is 1.26. The predicted octanol–water partition coefficient (Wildman–Crippen LogP) is 3.58. The molecular weight excluding hydrogens is 296 g/mol. The standard InChI is InChI=1S/C12H18N4O2S2/c1-11(2,3)19-20-16(6)10(17)18-15-9(7-13)12(4,5)8-14/h1-6H3. The van der Waals surface area contributed by atoms with Crippen molar-refractivity contribution < 1.29 is 9.63 Å². The summed E-state index contributed by atoms with van der Waals surface area (Å²) >= 11 is 0. The first-order valence-corrected chi connectivity index (χ1v) is 7.84. The number of oxime groups is 1. The van der Waals surface area contributed by atoms with E-state index in [1.54, 1.807) is 13.1 Å². The predicted molar refractivity (Wildman–Crippen MR) is 81.6 cm³/mol. The number of rotatable bonds is 4. The van der Waals surface area contributed by atoms with Crippen molar-refractivity contribution in [2.24, 2.45) is 10.6 Å². The van der Waals surface area contributed by atoms with Crippen molar-refractivity contribution in [3.63, 3.8) is 0 Å². The molecule has 0 saturated carbocycles. The molecule has 0 aliphatic heterocycles. The lowest BCUT2D eigenvalue weighted by Crippen LogP contribution is -2.24. The van der Waals surface area contributed by atoms with E-state index in [9.17, 15) is 4.79 Å².